The molecular weight excluding hydrogens is 175 g/mol. The average molecular weight is 185 g/mol. The molecule has 0 bridgehead atoms. The van der Waals surface area contributed by atoms with Gasteiger partial charge in [0.25, 0.3) is 0 Å². The number of nitrogens with two attached hydrogens (primary N) is 1. The quantitative estimate of drug-likeness (QED) is 0.721. The van der Waals surface area contributed by atoms with Crippen LogP contribution in [0.2, 0.25) is 0 Å². The van der Waals surface area contributed by atoms with Gasteiger partial charge in [-0.15, -0.1) is 24.8 Å². The second-order valence-corrected chi connectivity index (χ2v) is 1.69. The van der Waals surface area contributed by atoms with Crippen LogP contribution in [0.25, 0.3) is 0 Å². The molecule has 0 aromatic carbocycles. The molecule has 0 amide bonds. The molecule has 2 N–H and O–H groups in total. The maximum atomic E-state index is 5.42. The van der Waals surface area contributed by atoms with Gasteiger partial charge in [0.05, 0.1) is 12.2 Å². The van der Waals surface area contributed by atoms with E-state index in [1.807, 2.05) is 6.92 Å². The van der Waals surface area contributed by atoms with E-state index in [4.69, 9.17) is 10.2 Å². The highest BCUT2D eigenvalue weighted by atomic mass is 35.5. The molecule has 1 atom stereocenters. The fourth-order valence-electron chi connectivity index (χ4n) is 0.451. The third kappa shape index (κ3) is 3.06. The zero-order valence-corrected chi connectivity index (χ0v) is 7.11. The minimum absolute atomic E-state index is 0. The SMILES string of the molecule is CC(N)c1cnco1.Cl.Cl. The summed E-state index contributed by atoms with van der Waals surface area (Å²) in [6.45, 7) is 1.85. The van der Waals surface area contributed by atoms with E-state index in [0.717, 1.165) is 5.76 Å². The zero-order chi connectivity index (χ0) is 5.98. The molecular formula is C5H10Cl2N2O. The van der Waals surface area contributed by atoms with Crippen LogP contribution >= 0.6 is 24.8 Å². The Morgan fingerprint density at radius 2 is 2.20 bits per heavy atom. The molecule has 10 heavy (non-hydrogen) atoms. The highest BCUT2D eigenvalue weighted by molar-refractivity contribution is 5.85. The molecule has 1 unspecified atom stereocenters. The fourth-order valence-corrected chi connectivity index (χ4v) is 0.451. The van der Waals surface area contributed by atoms with Gasteiger partial charge in [-0.1, -0.05) is 0 Å². The monoisotopic (exact) mass is 184 g/mol. The number of hydrogen-bond donors (Lipinski definition) is 1. The van der Waals surface area contributed by atoms with Crippen LogP contribution in [0, 0.1) is 0 Å². The Hall–Kier alpha value is -0.250. The molecule has 1 aromatic heterocycles. The van der Waals surface area contributed by atoms with Gasteiger partial charge in [0.1, 0.15) is 5.76 Å². The second kappa shape index (κ2) is 5.53. The van der Waals surface area contributed by atoms with Gasteiger partial charge in [-0.3, -0.25) is 0 Å². The van der Waals surface area contributed by atoms with Crippen molar-refractivity contribution < 1.29 is 4.42 Å². The van der Waals surface area contributed by atoms with Crippen molar-refractivity contribution in [2.45, 2.75) is 13.0 Å². The molecule has 1 rings (SSSR count). The Morgan fingerprint density at radius 1 is 1.60 bits per heavy atom. The maximum absolute atomic E-state index is 5.42. The van der Waals surface area contributed by atoms with Gasteiger partial charge in [0.2, 0.25) is 0 Å². The highest BCUT2D eigenvalue weighted by Crippen LogP contribution is 2.05. The molecule has 3 nitrogen and oxygen atoms in total. The van der Waals surface area contributed by atoms with Gasteiger partial charge in [0, 0.05) is 0 Å². The fraction of sp³-hybridized carbons (Fsp3) is 0.400. The molecule has 60 valence electrons. The first-order chi connectivity index (χ1) is 3.80. The van der Waals surface area contributed by atoms with E-state index in [1.165, 1.54) is 6.39 Å². The minimum atomic E-state index is -0.0440. The molecule has 0 saturated heterocycles. The Labute approximate surface area is 71.8 Å². The van der Waals surface area contributed by atoms with Crippen molar-refractivity contribution in [3.63, 3.8) is 0 Å². The van der Waals surface area contributed by atoms with Crippen LogP contribution < -0.4 is 5.73 Å². The van der Waals surface area contributed by atoms with E-state index in [1.54, 1.807) is 6.20 Å². The molecule has 0 saturated carbocycles. The Balaban J connectivity index is 0. The van der Waals surface area contributed by atoms with Gasteiger partial charge in [0.15, 0.2) is 6.39 Å². The standard InChI is InChI=1S/C5H8N2O.2ClH/c1-4(6)5-2-7-3-8-5;;/h2-4H,6H2,1H3;2*1H. The van der Waals surface area contributed by atoms with Crippen LogP contribution in [-0.2, 0) is 0 Å². The number of rotatable bonds is 1. The van der Waals surface area contributed by atoms with E-state index in [9.17, 15) is 0 Å². The third-order valence-electron chi connectivity index (χ3n) is 0.900. The van der Waals surface area contributed by atoms with Gasteiger partial charge in [-0.2, -0.15) is 0 Å². The number of halogens is 2. The van der Waals surface area contributed by atoms with Crippen molar-refractivity contribution >= 4 is 24.8 Å². The first kappa shape index (κ1) is 12.4. The summed E-state index contributed by atoms with van der Waals surface area (Å²) in [6.07, 6.45) is 2.99. The van der Waals surface area contributed by atoms with Crippen molar-refractivity contribution in [3.05, 3.63) is 18.4 Å². The lowest BCUT2D eigenvalue weighted by Crippen LogP contribution is -2.02. The van der Waals surface area contributed by atoms with Crippen molar-refractivity contribution in [2.75, 3.05) is 0 Å². The van der Waals surface area contributed by atoms with Crippen LogP contribution in [0.5, 0.6) is 0 Å². The molecule has 1 aromatic rings. The minimum Gasteiger partial charge on any atom is -0.447 e. The van der Waals surface area contributed by atoms with Crippen LogP contribution in [-0.4, -0.2) is 4.98 Å². The summed E-state index contributed by atoms with van der Waals surface area (Å²) < 4.78 is 4.86. The van der Waals surface area contributed by atoms with Crippen molar-refractivity contribution in [3.8, 4) is 0 Å². The van der Waals surface area contributed by atoms with E-state index in [2.05, 4.69) is 4.98 Å². The average Bonchev–Trinajstić information content (AvgIpc) is 2.12. The first-order valence-corrected chi connectivity index (χ1v) is 2.44. The lowest BCUT2D eigenvalue weighted by atomic mass is 10.3. The molecule has 0 aliphatic carbocycles. The number of hydrogen-bond acceptors (Lipinski definition) is 3. The Bertz CT molecular complexity index is 153. The number of oxazole rings is 1. The molecule has 0 spiro atoms. The summed E-state index contributed by atoms with van der Waals surface area (Å²) in [5.74, 6) is 0.727. The molecule has 1 heterocycles. The van der Waals surface area contributed by atoms with Crippen LogP contribution in [0.1, 0.15) is 18.7 Å². The number of aromatic nitrogens is 1. The third-order valence-corrected chi connectivity index (χ3v) is 0.900. The largest absolute Gasteiger partial charge is 0.447 e. The van der Waals surface area contributed by atoms with E-state index in [-0.39, 0.29) is 30.9 Å². The van der Waals surface area contributed by atoms with Crippen LogP contribution in [0.4, 0.5) is 0 Å². The second-order valence-electron chi connectivity index (χ2n) is 1.69. The summed E-state index contributed by atoms with van der Waals surface area (Å²) in [7, 11) is 0. The van der Waals surface area contributed by atoms with Gasteiger partial charge < -0.3 is 10.2 Å². The van der Waals surface area contributed by atoms with Crippen molar-refractivity contribution in [1.29, 1.82) is 0 Å². The highest BCUT2D eigenvalue weighted by Gasteiger charge is 1.99. The number of nitrogens with zero attached hydrogens (tertiary/aromatic N) is 1. The molecule has 0 fully saturated rings. The summed E-state index contributed by atoms with van der Waals surface area (Å²) in [5.41, 5.74) is 5.42. The summed E-state index contributed by atoms with van der Waals surface area (Å²) in [4.78, 5) is 3.70. The lowest BCUT2D eigenvalue weighted by Gasteiger charge is -1.94. The predicted octanol–water partition coefficient (Wildman–Crippen LogP) is 1.54. The van der Waals surface area contributed by atoms with Crippen molar-refractivity contribution in [2.24, 2.45) is 5.73 Å². The first-order valence-electron chi connectivity index (χ1n) is 2.44. The molecule has 5 heteroatoms. The van der Waals surface area contributed by atoms with Crippen LogP contribution in [0.3, 0.4) is 0 Å². The van der Waals surface area contributed by atoms with E-state index in [0.29, 0.717) is 0 Å². The topological polar surface area (TPSA) is 52.0 Å². The summed E-state index contributed by atoms with van der Waals surface area (Å²) in [6, 6.07) is -0.0440. The Morgan fingerprint density at radius 3 is 2.40 bits per heavy atom. The van der Waals surface area contributed by atoms with Gasteiger partial charge in [-0.05, 0) is 6.92 Å². The Kier molecular flexibility index (Phi) is 6.87. The van der Waals surface area contributed by atoms with E-state index >= 15 is 0 Å². The molecule has 0 aliphatic rings. The zero-order valence-electron chi connectivity index (χ0n) is 5.48. The molecule has 0 aliphatic heterocycles. The normalized spacial score (nSPS) is 11.0. The molecule has 0 radical (unpaired) electrons. The van der Waals surface area contributed by atoms with E-state index < -0.39 is 0 Å². The predicted molar refractivity (Wildman–Crippen MR) is 43.6 cm³/mol. The van der Waals surface area contributed by atoms with Crippen LogP contribution in [0.15, 0.2) is 17.0 Å². The summed E-state index contributed by atoms with van der Waals surface area (Å²) >= 11 is 0. The van der Waals surface area contributed by atoms with Gasteiger partial charge >= 0.3 is 0 Å². The van der Waals surface area contributed by atoms with Crippen molar-refractivity contribution in [1.82, 2.24) is 4.98 Å². The smallest absolute Gasteiger partial charge is 0.180 e. The van der Waals surface area contributed by atoms with Gasteiger partial charge in [-0.25, -0.2) is 4.98 Å². The maximum Gasteiger partial charge on any atom is 0.180 e. The summed E-state index contributed by atoms with van der Waals surface area (Å²) in [5, 5.41) is 0. The lowest BCUT2D eigenvalue weighted by molar-refractivity contribution is 0.475.